The van der Waals surface area contributed by atoms with Gasteiger partial charge in [-0.2, -0.15) is 4.98 Å². The molecule has 2 saturated carbocycles. The van der Waals surface area contributed by atoms with E-state index in [0.717, 1.165) is 0 Å². The Labute approximate surface area is 182 Å². The first-order valence-corrected chi connectivity index (χ1v) is 10.2. The molecular formula is C21H20ClN5O4. The van der Waals surface area contributed by atoms with Crippen molar-refractivity contribution in [3.05, 3.63) is 53.2 Å². The molecule has 9 nitrogen and oxygen atoms in total. The molecule has 160 valence electrons. The van der Waals surface area contributed by atoms with Crippen molar-refractivity contribution in [2.24, 2.45) is 11.3 Å². The molecule has 2 fully saturated rings. The summed E-state index contributed by atoms with van der Waals surface area (Å²) < 4.78 is 1.63. The zero-order valence-electron chi connectivity index (χ0n) is 16.5. The number of nitrogens with one attached hydrogen (secondary N) is 1. The highest BCUT2D eigenvalue weighted by Crippen LogP contribution is 2.67. The van der Waals surface area contributed by atoms with Gasteiger partial charge in [-0.15, -0.1) is 0 Å². The first kappa shape index (κ1) is 19.9. The third-order valence-electron chi connectivity index (χ3n) is 6.41. The van der Waals surface area contributed by atoms with Crippen LogP contribution < -0.4 is 5.32 Å². The van der Waals surface area contributed by atoms with E-state index >= 15 is 0 Å². The predicted molar refractivity (Wildman–Crippen MR) is 113 cm³/mol. The fourth-order valence-corrected chi connectivity index (χ4v) is 5.01. The van der Waals surface area contributed by atoms with E-state index in [1.165, 1.54) is 19.5 Å². The second kappa shape index (κ2) is 7.01. The fraction of sp³-hybridized carbons (Fsp3) is 0.333. The highest BCUT2D eigenvalue weighted by Gasteiger charge is 2.75. The normalized spacial score (nSPS) is 29.7. The van der Waals surface area contributed by atoms with Crippen LogP contribution in [0.15, 0.2) is 36.7 Å². The molecule has 0 bridgehead atoms. The van der Waals surface area contributed by atoms with Gasteiger partial charge in [0.1, 0.15) is 17.4 Å². The smallest absolute Gasteiger partial charge is 0.229 e. The van der Waals surface area contributed by atoms with Crippen molar-refractivity contribution in [2.45, 2.75) is 24.7 Å². The van der Waals surface area contributed by atoms with Gasteiger partial charge < -0.3 is 25.2 Å². The van der Waals surface area contributed by atoms with Crippen molar-refractivity contribution in [2.75, 3.05) is 7.05 Å². The van der Waals surface area contributed by atoms with Crippen LogP contribution in [0.1, 0.15) is 23.7 Å². The molecular weight excluding hydrogens is 422 g/mol. The number of fused-ring (bicyclic) bond motifs is 2. The average molecular weight is 442 g/mol. The number of hydrogen-bond donors (Lipinski definition) is 4. The van der Waals surface area contributed by atoms with E-state index in [4.69, 9.17) is 11.6 Å². The second-order valence-corrected chi connectivity index (χ2v) is 8.29. The maximum Gasteiger partial charge on any atom is 0.229 e. The van der Waals surface area contributed by atoms with E-state index in [0.29, 0.717) is 28.8 Å². The molecule has 2 aliphatic rings. The van der Waals surface area contributed by atoms with Crippen LogP contribution in [0, 0.1) is 11.3 Å². The Kier molecular flexibility index (Phi) is 4.51. The Morgan fingerprint density at radius 3 is 2.74 bits per heavy atom. The number of aliphatic hydroxyl groups is 3. The van der Waals surface area contributed by atoms with Gasteiger partial charge in [0.25, 0.3) is 0 Å². The zero-order chi connectivity index (χ0) is 21.9. The van der Waals surface area contributed by atoms with E-state index in [2.05, 4.69) is 20.3 Å². The number of benzene rings is 1. The number of aromatic nitrogens is 4. The van der Waals surface area contributed by atoms with Crippen molar-refractivity contribution < 1.29 is 20.1 Å². The lowest BCUT2D eigenvalue weighted by Crippen LogP contribution is -2.41. The molecule has 0 spiro atoms. The number of carbonyl (C=O) groups excluding carboxylic acids is 1. The molecule has 0 aliphatic heterocycles. The average Bonchev–Trinajstić information content (AvgIpc) is 3.31. The molecule has 0 unspecified atom stereocenters. The highest BCUT2D eigenvalue weighted by molar-refractivity contribution is 6.28. The summed E-state index contributed by atoms with van der Waals surface area (Å²) >= 11 is 6.15. The van der Waals surface area contributed by atoms with Gasteiger partial charge in [-0.25, -0.2) is 9.97 Å². The Bertz CT molecular complexity index is 1210. The van der Waals surface area contributed by atoms with Gasteiger partial charge in [0.05, 0.1) is 29.6 Å². The monoisotopic (exact) mass is 441 g/mol. The van der Waals surface area contributed by atoms with Crippen molar-refractivity contribution >= 4 is 40.5 Å². The number of hydrogen-bond acceptors (Lipinski definition) is 7. The van der Waals surface area contributed by atoms with Crippen LogP contribution >= 0.6 is 11.6 Å². The third-order valence-corrected chi connectivity index (χ3v) is 6.58. The van der Waals surface area contributed by atoms with E-state index in [1.807, 2.05) is 6.07 Å². The third kappa shape index (κ3) is 2.84. The van der Waals surface area contributed by atoms with Gasteiger partial charge in [-0.3, -0.25) is 4.79 Å². The summed E-state index contributed by atoms with van der Waals surface area (Å²) in [4.78, 5) is 25.2. The molecule has 2 heterocycles. The first-order chi connectivity index (χ1) is 14.9. The molecule has 2 aromatic heterocycles. The molecule has 31 heavy (non-hydrogen) atoms. The van der Waals surface area contributed by atoms with Gasteiger partial charge >= 0.3 is 0 Å². The maximum atomic E-state index is 12.4. The molecule has 0 saturated heterocycles. The molecule has 1 amide bonds. The minimum Gasteiger partial charge on any atom is -0.507 e. The standard InChI is InChI=1S/C21H20ClN5O4/c1-23-19(31)21-8-11(21)15(16(29)17(21)30)27-9-24-14-12(25-20(22)26-18(14)27)7-13(28)10-5-3-2-4-6-10/h2-7,9,11,15-17,28-30H,8H2,1H3,(H,23,31)/b13-7-/t11-,15-,16-,17-,21+/m1/s1. The van der Waals surface area contributed by atoms with Gasteiger partial charge in [0, 0.05) is 24.6 Å². The Balaban J connectivity index is 1.58. The van der Waals surface area contributed by atoms with Crippen LogP contribution in [-0.4, -0.2) is 60.0 Å². The van der Waals surface area contributed by atoms with Crippen LogP contribution in [0.25, 0.3) is 23.0 Å². The van der Waals surface area contributed by atoms with Crippen LogP contribution in [0.5, 0.6) is 0 Å². The summed E-state index contributed by atoms with van der Waals surface area (Å²) in [6.45, 7) is 0. The Morgan fingerprint density at radius 2 is 2.03 bits per heavy atom. The number of nitrogens with zero attached hydrogens (tertiary/aromatic N) is 4. The highest BCUT2D eigenvalue weighted by atomic mass is 35.5. The number of aliphatic hydroxyl groups excluding tert-OH is 3. The van der Waals surface area contributed by atoms with Crippen LogP contribution in [0.3, 0.4) is 0 Å². The topological polar surface area (TPSA) is 133 Å². The van der Waals surface area contributed by atoms with Crippen LogP contribution in [0.4, 0.5) is 0 Å². The number of imidazole rings is 1. The van der Waals surface area contributed by atoms with E-state index in [-0.39, 0.29) is 22.9 Å². The summed E-state index contributed by atoms with van der Waals surface area (Å²) in [5, 5.41) is 34.4. The summed E-state index contributed by atoms with van der Waals surface area (Å²) in [7, 11) is 1.51. The molecule has 5 rings (SSSR count). The summed E-state index contributed by atoms with van der Waals surface area (Å²) in [6.07, 6.45) is 1.03. The summed E-state index contributed by atoms with van der Waals surface area (Å²) in [5.41, 5.74) is 0.638. The lowest BCUT2D eigenvalue weighted by molar-refractivity contribution is -0.132. The fourth-order valence-electron chi connectivity index (χ4n) is 4.84. The van der Waals surface area contributed by atoms with Gasteiger partial charge in [0.15, 0.2) is 5.65 Å². The van der Waals surface area contributed by atoms with Crippen molar-refractivity contribution in [1.29, 1.82) is 0 Å². The maximum absolute atomic E-state index is 12.4. The lowest BCUT2D eigenvalue weighted by Gasteiger charge is -2.23. The molecule has 2 aliphatic carbocycles. The van der Waals surface area contributed by atoms with Gasteiger partial charge in [-0.1, -0.05) is 30.3 Å². The largest absolute Gasteiger partial charge is 0.507 e. The van der Waals surface area contributed by atoms with E-state index in [9.17, 15) is 20.1 Å². The van der Waals surface area contributed by atoms with Gasteiger partial charge in [0.2, 0.25) is 11.2 Å². The van der Waals surface area contributed by atoms with Crippen LogP contribution in [-0.2, 0) is 4.79 Å². The van der Waals surface area contributed by atoms with Crippen molar-refractivity contribution in [3.8, 4) is 0 Å². The number of halogens is 1. The second-order valence-electron chi connectivity index (χ2n) is 7.95. The Hall–Kier alpha value is -3.01. The van der Waals surface area contributed by atoms with Crippen molar-refractivity contribution in [3.63, 3.8) is 0 Å². The number of amides is 1. The molecule has 3 aromatic rings. The van der Waals surface area contributed by atoms with Gasteiger partial charge in [-0.05, 0) is 18.0 Å². The van der Waals surface area contributed by atoms with Crippen molar-refractivity contribution in [1.82, 2.24) is 24.8 Å². The van der Waals surface area contributed by atoms with E-state index in [1.54, 1.807) is 28.8 Å². The minimum absolute atomic E-state index is 0.0108. The number of carbonyl (C=O) groups is 1. The summed E-state index contributed by atoms with van der Waals surface area (Å²) in [6, 6.07) is 8.37. The molecule has 1 aromatic carbocycles. The number of rotatable bonds is 4. The van der Waals surface area contributed by atoms with Crippen LogP contribution in [0.2, 0.25) is 5.28 Å². The zero-order valence-corrected chi connectivity index (χ0v) is 17.2. The quantitative estimate of drug-likeness (QED) is 0.356. The minimum atomic E-state index is -1.20. The predicted octanol–water partition coefficient (Wildman–Crippen LogP) is 1.56. The summed E-state index contributed by atoms with van der Waals surface area (Å²) in [5.74, 6) is -0.566. The van der Waals surface area contributed by atoms with E-state index < -0.39 is 23.7 Å². The molecule has 10 heteroatoms. The molecule has 4 N–H and O–H groups in total. The molecule has 5 atom stereocenters. The first-order valence-electron chi connectivity index (χ1n) is 9.83. The molecule has 0 radical (unpaired) electrons. The SMILES string of the molecule is CNC(=O)[C@@]12C[C@@H]1[C@@H](n1cnc3c(/C=C(\O)c4ccccc4)nc(Cl)nc31)[C@@H](O)[C@H]2O. The lowest BCUT2D eigenvalue weighted by atomic mass is 9.98. The Morgan fingerprint density at radius 1 is 1.29 bits per heavy atom.